The van der Waals surface area contributed by atoms with Crippen molar-refractivity contribution in [2.24, 2.45) is 0 Å². The summed E-state index contributed by atoms with van der Waals surface area (Å²) in [5.74, 6) is 0. The zero-order chi connectivity index (χ0) is 7.56. The second-order valence-corrected chi connectivity index (χ2v) is 4.07. The normalized spacial score (nSPS) is 24.0. The maximum atomic E-state index is 4.24. The van der Waals surface area contributed by atoms with Gasteiger partial charge in [0.05, 0.1) is 4.71 Å². The third-order valence-corrected chi connectivity index (χ3v) is 2.52. The Kier molecular flexibility index (Phi) is 3.36. The summed E-state index contributed by atoms with van der Waals surface area (Å²) in [6.45, 7) is 4.46. The molecule has 0 spiro atoms. The Hall–Kier alpha value is 0.620. The number of rotatable bonds is 1. The van der Waals surface area contributed by atoms with E-state index >= 15 is 0 Å². The molecule has 0 atom stereocenters. The number of piperazine rings is 1. The van der Waals surface area contributed by atoms with Gasteiger partial charge in [-0.15, -0.1) is 25.3 Å². The molecule has 0 N–H and O–H groups in total. The first kappa shape index (κ1) is 8.71. The van der Waals surface area contributed by atoms with Gasteiger partial charge in [-0.25, -0.2) is 0 Å². The Morgan fingerprint density at radius 2 is 1.60 bits per heavy atom. The lowest BCUT2D eigenvalue weighted by atomic mass is 10.4. The number of hydrogen-bond acceptors (Lipinski definition) is 4. The van der Waals surface area contributed by atoms with Gasteiger partial charge in [0.1, 0.15) is 0 Å². The van der Waals surface area contributed by atoms with Gasteiger partial charge in [0.25, 0.3) is 0 Å². The van der Waals surface area contributed by atoms with E-state index in [1.165, 1.54) is 0 Å². The first-order valence-electron chi connectivity index (χ1n) is 3.49. The van der Waals surface area contributed by atoms with Crippen LogP contribution in [0.2, 0.25) is 0 Å². The van der Waals surface area contributed by atoms with Crippen LogP contribution in [0, 0.1) is 0 Å². The average molecular weight is 178 g/mol. The van der Waals surface area contributed by atoms with Gasteiger partial charge in [-0.05, 0) is 7.05 Å². The number of likely N-dealkylation sites (N-methyl/N-ethyl adjacent to an activating group) is 1. The van der Waals surface area contributed by atoms with Crippen molar-refractivity contribution in [1.29, 1.82) is 0 Å². The summed E-state index contributed by atoms with van der Waals surface area (Å²) < 4.78 is 0.119. The van der Waals surface area contributed by atoms with Gasteiger partial charge in [0, 0.05) is 26.2 Å². The molecule has 0 amide bonds. The Bertz CT molecular complexity index is 99.9. The molecule has 1 heterocycles. The summed E-state index contributed by atoms with van der Waals surface area (Å²) in [6, 6.07) is 0. The highest BCUT2D eigenvalue weighted by Gasteiger charge is 2.16. The lowest BCUT2D eigenvalue weighted by Crippen LogP contribution is -2.46. The molecule has 0 aliphatic carbocycles. The highest BCUT2D eigenvalue weighted by atomic mass is 32.2. The van der Waals surface area contributed by atoms with Gasteiger partial charge in [-0.3, -0.25) is 4.90 Å². The molecule has 1 fully saturated rings. The monoisotopic (exact) mass is 178 g/mol. The minimum Gasteiger partial charge on any atom is -0.304 e. The van der Waals surface area contributed by atoms with Crippen LogP contribution in [0.1, 0.15) is 0 Å². The van der Waals surface area contributed by atoms with Crippen LogP contribution in [0.25, 0.3) is 0 Å². The van der Waals surface area contributed by atoms with Gasteiger partial charge in [0.2, 0.25) is 0 Å². The molecule has 1 aliphatic heterocycles. The Morgan fingerprint density at radius 3 is 2.00 bits per heavy atom. The summed E-state index contributed by atoms with van der Waals surface area (Å²) in [5, 5.41) is 0. The van der Waals surface area contributed by atoms with Crippen molar-refractivity contribution in [2.75, 3.05) is 33.2 Å². The number of thiol groups is 2. The first-order valence-corrected chi connectivity index (χ1v) is 4.52. The summed E-state index contributed by atoms with van der Waals surface area (Å²) in [6.07, 6.45) is 0. The van der Waals surface area contributed by atoms with E-state index in [0.29, 0.717) is 0 Å². The molecule has 0 aromatic rings. The molecule has 0 unspecified atom stereocenters. The average Bonchev–Trinajstić information content (AvgIpc) is 1.88. The molecule has 0 radical (unpaired) electrons. The SMILES string of the molecule is CN1CCN(C(S)S)CC1. The van der Waals surface area contributed by atoms with Crippen molar-refractivity contribution in [3.8, 4) is 0 Å². The number of hydrogen-bond donors (Lipinski definition) is 2. The standard InChI is InChI=1S/C6H14N2S2/c1-7-2-4-8(5-3-7)6(9)10/h6,9-10H,2-5H2,1H3. The fraction of sp³-hybridized carbons (Fsp3) is 1.00. The molecule has 4 heteroatoms. The van der Waals surface area contributed by atoms with Crippen molar-refractivity contribution in [3.05, 3.63) is 0 Å². The molecule has 1 saturated heterocycles. The Morgan fingerprint density at radius 1 is 1.10 bits per heavy atom. The highest BCUT2D eigenvalue weighted by Crippen LogP contribution is 2.10. The minimum atomic E-state index is 0.119. The summed E-state index contributed by atoms with van der Waals surface area (Å²) in [7, 11) is 2.14. The molecule has 0 aromatic heterocycles. The van der Waals surface area contributed by atoms with E-state index in [4.69, 9.17) is 0 Å². The molecule has 60 valence electrons. The van der Waals surface area contributed by atoms with Crippen LogP contribution >= 0.6 is 25.3 Å². The minimum absolute atomic E-state index is 0.119. The van der Waals surface area contributed by atoms with Crippen LogP contribution in [0.4, 0.5) is 0 Å². The summed E-state index contributed by atoms with van der Waals surface area (Å²) in [4.78, 5) is 4.58. The molecule has 0 aromatic carbocycles. The quantitative estimate of drug-likeness (QED) is 0.443. The predicted molar refractivity (Wildman–Crippen MR) is 50.8 cm³/mol. The zero-order valence-corrected chi connectivity index (χ0v) is 7.98. The molecule has 1 aliphatic rings. The van der Waals surface area contributed by atoms with E-state index in [1.54, 1.807) is 0 Å². The van der Waals surface area contributed by atoms with E-state index in [1.807, 2.05) is 0 Å². The molecule has 0 saturated carbocycles. The summed E-state index contributed by atoms with van der Waals surface area (Å²) >= 11 is 8.48. The predicted octanol–water partition coefficient (Wildman–Crippen LogP) is 0.377. The molecule has 10 heavy (non-hydrogen) atoms. The van der Waals surface area contributed by atoms with Gasteiger partial charge in [-0.2, -0.15) is 0 Å². The highest BCUT2D eigenvalue weighted by molar-refractivity contribution is 7.99. The van der Waals surface area contributed by atoms with Crippen LogP contribution in [0.3, 0.4) is 0 Å². The zero-order valence-electron chi connectivity index (χ0n) is 6.19. The fourth-order valence-electron chi connectivity index (χ4n) is 1.05. The Balaban J connectivity index is 2.26. The van der Waals surface area contributed by atoms with E-state index in [-0.39, 0.29) is 4.71 Å². The van der Waals surface area contributed by atoms with Gasteiger partial charge >= 0.3 is 0 Å². The maximum Gasteiger partial charge on any atom is 0.0970 e. The lowest BCUT2D eigenvalue weighted by Gasteiger charge is -2.33. The third kappa shape index (κ3) is 2.34. The van der Waals surface area contributed by atoms with E-state index in [9.17, 15) is 0 Å². The topological polar surface area (TPSA) is 6.48 Å². The smallest absolute Gasteiger partial charge is 0.0970 e. The van der Waals surface area contributed by atoms with Crippen LogP contribution in [-0.4, -0.2) is 47.7 Å². The van der Waals surface area contributed by atoms with Crippen LogP contribution in [0.5, 0.6) is 0 Å². The Labute approximate surface area is 73.4 Å². The molecular weight excluding hydrogens is 164 g/mol. The van der Waals surface area contributed by atoms with E-state index in [0.717, 1.165) is 26.2 Å². The summed E-state index contributed by atoms with van der Waals surface area (Å²) in [5.41, 5.74) is 0. The van der Waals surface area contributed by atoms with Crippen molar-refractivity contribution < 1.29 is 0 Å². The van der Waals surface area contributed by atoms with E-state index in [2.05, 4.69) is 42.1 Å². The van der Waals surface area contributed by atoms with E-state index < -0.39 is 0 Å². The first-order chi connectivity index (χ1) is 4.70. The van der Waals surface area contributed by atoms with Crippen molar-refractivity contribution >= 4 is 25.3 Å². The second kappa shape index (κ2) is 3.85. The third-order valence-electron chi connectivity index (χ3n) is 1.86. The second-order valence-electron chi connectivity index (χ2n) is 2.69. The molecular formula is C6H14N2S2. The molecule has 0 bridgehead atoms. The molecule has 1 rings (SSSR count). The van der Waals surface area contributed by atoms with Crippen LogP contribution < -0.4 is 0 Å². The molecule has 2 nitrogen and oxygen atoms in total. The van der Waals surface area contributed by atoms with Gasteiger partial charge < -0.3 is 4.90 Å². The van der Waals surface area contributed by atoms with Gasteiger partial charge in [-0.1, -0.05) is 0 Å². The van der Waals surface area contributed by atoms with Crippen molar-refractivity contribution in [2.45, 2.75) is 4.71 Å². The lowest BCUT2D eigenvalue weighted by molar-refractivity contribution is 0.168. The fourth-order valence-corrected chi connectivity index (χ4v) is 1.51. The number of nitrogens with zero attached hydrogens (tertiary/aromatic N) is 2. The van der Waals surface area contributed by atoms with Crippen LogP contribution in [-0.2, 0) is 0 Å². The van der Waals surface area contributed by atoms with Crippen molar-refractivity contribution in [1.82, 2.24) is 9.80 Å². The van der Waals surface area contributed by atoms with Crippen molar-refractivity contribution in [3.63, 3.8) is 0 Å². The van der Waals surface area contributed by atoms with Crippen LogP contribution in [0.15, 0.2) is 0 Å². The maximum absolute atomic E-state index is 4.24. The largest absolute Gasteiger partial charge is 0.304 e. The van der Waals surface area contributed by atoms with Gasteiger partial charge in [0.15, 0.2) is 0 Å².